The normalized spacial score (nSPS) is 19.8. The first-order chi connectivity index (χ1) is 11.6. The number of carbonyl (C=O) groups is 2. The number of benzene rings is 1. The smallest absolute Gasteiger partial charge is 0.416 e. The van der Waals surface area contributed by atoms with Crippen LogP contribution in [0.4, 0.5) is 13.2 Å². The maximum Gasteiger partial charge on any atom is 0.416 e. The average Bonchev–Trinajstić information content (AvgIpc) is 3.30. The van der Waals surface area contributed by atoms with Gasteiger partial charge in [0.1, 0.15) is 0 Å². The molecule has 1 aliphatic carbocycles. The summed E-state index contributed by atoms with van der Waals surface area (Å²) < 4.78 is 39.4. The van der Waals surface area contributed by atoms with Gasteiger partial charge >= 0.3 is 12.1 Å². The molecule has 0 spiro atoms. The highest BCUT2D eigenvalue weighted by Gasteiger charge is 2.49. The fourth-order valence-corrected chi connectivity index (χ4v) is 3.09. The highest BCUT2D eigenvalue weighted by Crippen LogP contribution is 2.51. The number of hydrogen-bond acceptors (Lipinski definition) is 2. The molecular formula is C18H22F3NO3. The van der Waals surface area contributed by atoms with Crippen molar-refractivity contribution in [3.63, 3.8) is 0 Å². The van der Waals surface area contributed by atoms with E-state index in [4.69, 9.17) is 5.11 Å². The van der Waals surface area contributed by atoms with Gasteiger partial charge in [-0.15, -0.1) is 0 Å². The van der Waals surface area contributed by atoms with Crippen LogP contribution < -0.4 is 0 Å². The SMILES string of the molecule is CC(C)CN(CCC(=O)O)C(=O)C1CC1c1ccccc1C(F)(F)F. The van der Waals surface area contributed by atoms with Gasteiger partial charge in [-0.1, -0.05) is 32.0 Å². The Hall–Kier alpha value is -2.05. The van der Waals surface area contributed by atoms with Gasteiger partial charge in [0.2, 0.25) is 5.91 Å². The minimum Gasteiger partial charge on any atom is -0.481 e. The van der Waals surface area contributed by atoms with Crippen molar-refractivity contribution in [3.05, 3.63) is 35.4 Å². The van der Waals surface area contributed by atoms with E-state index in [-0.39, 0.29) is 30.4 Å². The van der Waals surface area contributed by atoms with Crippen molar-refractivity contribution in [2.45, 2.75) is 38.8 Å². The zero-order valence-corrected chi connectivity index (χ0v) is 14.2. The number of nitrogens with zero attached hydrogens (tertiary/aromatic N) is 1. The number of rotatable bonds is 7. The highest BCUT2D eigenvalue weighted by molar-refractivity contribution is 5.83. The maximum absolute atomic E-state index is 13.1. The van der Waals surface area contributed by atoms with Gasteiger partial charge in [-0.05, 0) is 29.9 Å². The van der Waals surface area contributed by atoms with E-state index in [1.807, 2.05) is 13.8 Å². The lowest BCUT2D eigenvalue weighted by Gasteiger charge is -2.24. The molecule has 25 heavy (non-hydrogen) atoms. The predicted molar refractivity (Wildman–Crippen MR) is 86.0 cm³/mol. The van der Waals surface area contributed by atoms with E-state index in [9.17, 15) is 22.8 Å². The van der Waals surface area contributed by atoms with Gasteiger partial charge in [-0.3, -0.25) is 9.59 Å². The first-order valence-corrected chi connectivity index (χ1v) is 8.28. The third kappa shape index (κ3) is 4.96. The predicted octanol–water partition coefficient (Wildman–Crippen LogP) is 3.77. The monoisotopic (exact) mass is 357 g/mol. The topological polar surface area (TPSA) is 57.6 Å². The average molecular weight is 357 g/mol. The van der Waals surface area contributed by atoms with E-state index in [1.165, 1.54) is 17.0 Å². The van der Waals surface area contributed by atoms with Crippen LogP contribution in [-0.4, -0.2) is 35.0 Å². The summed E-state index contributed by atoms with van der Waals surface area (Å²) in [5, 5.41) is 8.83. The minimum absolute atomic E-state index is 0.0798. The summed E-state index contributed by atoms with van der Waals surface area (Å²) in [4.78, 5) is 24.9. The van der Waals surface area contributed by atoms with Crippen LogP contribution in [0.3, 0.4) is 0 Å². The molecule has 1 saturated carbocycles. The first kappa shape index (κ1) is 19.3. The van der Waals surface area contributed by atoms with Crippen molar-refractivity contribution in [2.75, 3.05) is 13.1 Å². The second kappa shape index (κ2) is 7.45. The summed E-state index contributed by atoms with van der Waals surface area (Å²) in [7, 11) is 0. The van der Waals surface area contributed by atoms with Crippen molar-refractivity contribution < 1.29 is 27.9 Å². The summed E-state index contributed by atoms with van der Waals surface area (Å²) in [6, 6.07) is 5.33. The fraction of sp³-hybridized carbons (Fsp3) is 0.556. The van der Waals surface area contributed by atoms with Crippen LogP contribution in [-0.2, 0) is 15.8 Å². The standard InChI is InChI=1S/C18H22F3NO3/c1-11(2)10-22(8-7-16(23)24)17(25)14-9-13(14)12-5-3-4-6-15(12)18(19,20)21/h3-6,11,13-14H,7-10H2,1-2H3,(H,23,24). The van der Waals surface area contributed by atoms with Crippen LogP contribution >= 0.6 is 0 Å². The number of carboxylic acid groups (broad SMARTS) is 1. The molecule has 1 fully saturated rings. The Bertz CT molecular complexity index is 643. The molecule has 1 N–H and O–H groups in total. The van der Waals surface area contributed by atoms with Crippen molar-refractivity contribution in [1.29, 1.82) is 0 Å². The molecule has 2 rings (SSSR count). The van der Waals surface area contributed by atoms with Crippen LogP contribution in [0.1, 0.15) is 43.7 Å². The summed E-state index contributed by atoms with van der Waals surface area (Å²) in [6.07, 6.45) is -4.25. The molecule has 1 aromatic rings. The lowest BCUT2D eigenvalue weighted by Crippen LogP contribution is -2.37. The van der Waals surface area contributed by atoms with E-state index < -0.39 is 29.5 Å². The Morgan fingerprint density at radius 3 is 2.48 bits per heavy atom. The summed E-state index contributed by atoms with van der Waals surface area (Å²) in [5.41, 5.74) is -0.549. The van der Waals surface area contributed by atoms with E-state index in [0.29, 0.717) is 13.0 Å². The largest absolute Gasteiger partial charge is 0.481 e. The molecule has 0 saturated heterocycles. The molecule has 1 aliphatic rings. The Balaban J connectivity index is 2.13. The molecule has 4 nitrogen and oxygen atoms in total. The van der Waals surface area contributed by atoms with Gasteiger partial charge < -0.3 is 10.0 Å². The quantitative estimate of drug-likeness (QED) is 0.808. The van der Waals surface area contributed by atoms with E-state index in [2.05, 4.69) is 0 Å². The molecule has 0 radical (unpaired) electrons. The van der Waals surface area contributed by atoms with Gasteiger partial charge in [0, 0.05) is 19.0 Å². The summed E-state index contributed by atoms with van der Waals surface area (Å²) in [5.74, 6) is -2.06. The zero-order chi connectivity index (χ0) is 18.8. The number of carboxylic acids is 1. The van der Waals surface area contributed by atoms with Crippen LogP contribution in [0, 0.1) is 11.8 Å². The lowest BCUT2D eigenvalue weighted by atomic mass is 10.0. The molecular weight excluding hydrogens is 335 g/mol. The number of amides is 1. The zero-order valence-electron chi connectivity index (χ0n) is 14.2. The molecule has 7 heteroatoms. The van der Waals surface area contributed by atoms with E-state index in [0.717, 1.165) is 6.07 Å². The Morgan fingerprint density at radius 1 is 1.28 bits per heavy atom. The fourth-order valence-electron chi connectivity index (χ4n) is 3.09. The highest BCUT2D eigenvalue weighted by atomic mass is 19.4. The van der Waals surface area contributed by atoms with Crippen molar-refractivity contribution in [1.82, 2.24) is 4.90 Å². The second-order valence-corrected chi connectivity index (χ2v) is 6.86. The first-order valence-electron chi connectivity index (χ1n) is 8.28. The number of carbonyl (C=O) groups excluding carboxylic acids is 1. The molecule has 1 aromatic carbocycles. The van der Waals surface area contributed by atoms with Gasteiger partial charge in [-0.2, -0.15) is 13.2 Å². The summed E-state index contributed by atoms with van der Waals surface area (Å²) in [6.45, 7) is 4.29. The van der Waals surface area contributed by atoms with Crippen molar-refractivity contribution >= 4 is 11.9 Å². The van der Waals surface area contributed by atoms with Crippen molar-refractivity contribution in [2.24, 2.45) is 11.8 Å². The number of alkyl halides is 3. The number of halogens is 3. The minimum atomic E-state index is -4.45. The molecule has 2 unspecified atom stereocenters. The number of aliphatic carboxylic acids is 1. The third-order valence-electron chi connectivity index (χ3n) is 4.27. The van der Waals surface area contributed by atoms with Crippen molar-refractivity contribution in [3.8, 4) is 0 Å². The Morgan fingerprint density at radius 2 is 1.92 bits per heavy atom. The maximum atomic E-state index is 13.1. The van der Waals surface area contributed by atoms with Crippen LogP contribution in [0.25, 0.3) is 0 Å². The molecule has 0 bridgehead atoms. The molecule has 138 valence electrons. The molecule has 2 atom stereocenters. The van der Waals surface area contributed by atoms with Crippen LogP contribution in [0.2, 0.25) is 0 Å². The van der Waals surface area contributed by atoms with Crippen LogP contribution in [0.15, 0.2) is 24.3 Å². The number of hydrogen-bond donors (Lipinski definition) is 1. The molecule has 0 heterocycles. The molecule has 0 aromatic heterocycles. The van der Waals surface area contributed by atoms with Gasteiger partial charge in [0.15, 0.2) is 0 Å². The third-order valence-corrected chi connectivity index (χ3v) is 4.27. The van der Waals surface area contributed by atoms with Gasteiger partial charge in [0.25, 0.3) is 0 Å². The van der Waals surface area contributed by atoms with Crippen LogP contribution in [0.5, 0.6) is 0 Å². The Kier molecular flexibility index (Phi) is 5.75. The molecule has 0 aliphatic heterocycles. The van der Waals surface area contributed by atoms with Gasteiger partial charge in [0.05, 0.1) is 12.0 Å². The van der Waals surface area contributed by atoms with Gasteiger partial charge in [-0.25, -0.2) is 0 Å². The van der Waals surface area contributed by atoms with E-state index >= 15 is 0 Å². The second-order valence-electron chi connectivity index (χ2n) is 6.86. The lowest BCUT2D eigenvalue weighted by molar-refractivity contribution is -0.140. The molecule has 1 amide bonds. The van der Waals surface area contributed by atoms with E-state index in [1.54, 1.807) is 6.07 Å². The summed E-state index contributed by atoms with van der Waals surface area (Å²) >= 11 is 0. The Labute approximate surface area is 144 Å².